The van der Waals surface area contributed by atoms with E-state index in [0.29, 0.717) is 0 Å². The van der Waals surface area contributed by atoms with Crippen molar-refractivity contribution in [3.05, 3.63) is 33.8 Å². The minimum atomic E-state index is -0.696. The summed E-state index contributed by atoms with van der Waals surface area (Å²) >= 11 is 3.48. The number of benzene rings is 1. The first-order chi connectivity index (χ1) is 8.15. The lowest BCUT2D eigenvalue weighted by molar-refractivity contribution is -0.137. The Kier molecular flexibility index (Phi) is 4.18. The number of hydrogen-bond acceptors (Lipinski definition) is 2. The van der Waals surface area contributed by atoms with Crippen molar-refractivity contribution in [1.82, 2.24) is 4.90 Å². The standard InChI is InChI=1S/C13H16BrNO2/c14-12-5-4-10-8-15(9-11(10)7-12)6-2-1-3-13(16)17/h4-5,7H,1-3,6,8-9H2,(H,16,17). The zero-order valence-corrected chi connectivity index (χ0v) is 11.2. The maximum Gasteiger partial charge on any atom is 0.303 e. The molecule has 92 valence electrons. The van der Waals surface area contributed by atoms with Gasteiger partial charge in [0.05, 0.1) is 0 Å². The van der Waals surface area contributed by atoms with E-state index in [1.165, 1.54) is 11.1 Å². The molecule has 0 aliphatic carbocycles. The molecule has 0 atom stereocenters. The van der Waals surface area contributed by atoms with Gasteiger partial charge >= 0.3 is 5.97 Å². The summed E-state index contributed by atoms with van der Waals surface area (Å²) < 4.78 is 1.13. The molecule has 4 heteroatoms. The van der Waals surface area contributed by atoms with Crippen LogP contribution in [0.4, 0.5) is 0 Å². The molecule has 0 aromatic heterocycles. The smallest absolute Gasteiger partial charge is 0.303 e. The van der Waals surface area contributed by atoms with Gasteiger partial charge in [-0.2, -0.15) is 0 Å². The molecule has 0 spiro atoms. The molecular weight excluding hydrogens is 282 g/mol. The van der Waals surface area contributed by atoms with Crippen LogP contribution in [0.1, 0.15) is 30.4 Å². The second-order valence-corrected chi connectivity index (χ2v) is 5.39. The Morgan fingerprint density at radius 1 is 1.29 bits per heavy atom. The normalized spacial score (nSPS) is 14.9. The molecule has 2 rings (SSSR count). The van der Waals surface area contributed by atoms with Gasteiger partial charge in [-0.15, -0.1) is 0 Å². The largest absolute Gasteiger partial charge is 0.481 e. The molecule has 0 fully saturated rings. The number of carboxylic acid groups (broad SMARTS) is 1. The van der Waals surface area contributed by atoms with Crippen LogP contribution in [-0.2, 0) is 17.9 Å². The van der Waals surface area contributed by atoms with Crippen LogP contribution in [0.25, 0.3) is 0 Å². The summed E-state index contributed by atoms with van der Waals surface area (Å²) in [6.45, 7) is 2.97. The molecule has 0 unspecified atom stereocenters. The highest BCUT2D eigenvalue weighted by Gasteiger charge is 2.18. The van der Waals surface area contributed by atoms with Crippen LogP contribution in [0, 0.1) is 0 Å². The molecule has 0 saturated carbocycles. The fraction of sp³-hybridized carbons (Fsp3) is 0.462. The summed E-state index contributed by atoms with van der Waals surface area (Å²) in [7, 11) is 0. The van der Waals surface area contributed by atoms with Crippen LogP contribution in [0.15, 0.2) is 22.7 Å². The van der Waals surface area contributed by atoms with Crippen molar-refractivity contribution in [2.24, 2.45) is 0 Å². The molecule has 1 N–H and O–H groups in total. The number of fused-ring (bicyclic) bond motifs is 1. The van der Waals surface area contributed by atoms with Crippen molar-refractivity contribution >= 4 is 21.9 Å². The summed E-state index contributed by atoms with van der Waals surface area (Å²) in [6, 6.07) is 6.41. The van der Waals surface area contributed by atoms with Crippen LogP contribution in [0.5, 0.6) is 0 Å². The molecule has 1 aliphatic rings. The number of aliphatic carboxylic acids is 1. The number of hydrogen-bond donors (Lipinski definition) is 1. The lowest BCUT2D eigenvalue weighted by Crippen LogP contribution is -2.17. The fourth-order valence-electron chi connectivity index (χ4n) is 2.20. The summed E-state index contributed by atoms with van der Waals surface area (Å²) in [5.41, 5.74) is 2.78. The molecule has 0 bridgehead atoms. The van der Waals surface area contributed by atoms with E-state index in [0.717, 1.165) is 36.9 Å². The van der Waals surface area contributed by atoms with E-state index in [4.69, 9.17) is 5.11 Å². The molecule has 0 amide bonds. The average Bonchev–Trinajstić information content (AvgIpc) is 2.66. The van der Waals surface area contributed by atoms with E-state index in [2.05, 4.69) is 39.0 Å². The molecule has 1 heterocycles. The fourth-order valence-corrected chi connectivity index (χ4v) is 2.61. The Bertz CT molecular complexity index is 420. The molecule has 3 nitrogen and oxygen atoms in total. The van der Waals surface area contributed by atoms with Gasteiger partial charge < -0.3 is 5.11 Å². The molecule has 17 heavy (non-hydrogen) atoms. The lowest BCUT2D eigenvalue weighted by atomic mass is 10.1. The molecule has 1 aromatic carbocycles. The maximum absolute atomic E-state index is 10.4. The molecule has 1 aromatic rings. The third-order valence-corrected chi connectivity index (χ3v) is 3.56. The van der Waals surface area contributed by atoms with Crippen molar-refractivity contribution in [2.75, 3.05) is 6.54 Å². The first-order valence-corrected chi connectivity index (χ1v) is 6.66. The van der Waals surface area contributed by atoms with Crippen molar-refractivity contribution in [3.63, 3.8) is 0 Å². The Morgan fingerprint density at radius 2 is 2.06 bits per heavy atom. The summed E-state index contributed by atoms with van der Waals surface area (Å²) in [5.74, 6) is -0.696. The second kappa shape index (κ2) is 5.65. The van der Waals surface area contributed by atoms with E-state index in [1.807, 2.05) is 0 Å². The van der Waals surface area contributed by atoms with Gasteiger partial charge in [0.2, 0.25) is 0 Å². The number of halogens is 1. The van der Waals surface area contributed by atoms with Crippen molar-refractivity contribution in [3.8, 4) is 0 Å². The van der Waals surface area contributed by atoms with Gasteiger partial charge in [-0.1, -0.05) is 22.0 Å². The van der Waals surface area contributed by atoms with Crippen LogP contribution in [0.3, 0.4) is 0 Å². The van der Waals surface area contributed by atoms with Gasteiger partial charge in [0.25, 0.3) is 0 Å². The quantitative estimate of drug-likeness (QED) is 0.850. The maximum atomic E-state index is 10.4. The zero-order valence-electron chi connectivity index (χ0n) is 9.66. The summed E-state index contributed by atoms with van der Waals surface area (Å²) in [4.78, 5) is 12.8. The number of carboxylic acids is 1. The minimum Gasteiger partial charge on any atom is -0.481 e. The van der Waals surface area contributed by atoms with Gasteiger partial charge in [0, 0.05) is 24.0 Å². The highest BCUT2D eigenvalue weighted by molar-refractivity contribution is 9.10. The summed E-state index contributed by atoms with van der Waals surface area (Å²) in [6.07, 6.45) is 2.01. The predicted octanol–water partition coefficient (Wildman–Crippen LogP) is 3.02. The van der Waals surface area contributed by atoms with Crippen LogP contribution in [0.2, 0.25) is 0 Å². The summed E-state index contributed by atoms with van der Waals surface area (Å²) in [5, 5.41) is 8.56. The molecule has 0 radical (unpaired) electrons. The highest BCUT2D eigenvalue weighted by Crippen LogP contribution is 2.25. The van der Waals surface area contributed by atoms with Crippen LogP contribution in [-0.4, -0.2) is 22.5 Å². The molecular formula is C13H16BrNO2. The zero-order chi connectivity index (χ0) is 12.3. The highest BCUT2D eigenvalue weighted by atomic mass is 79.9. The van der Waals surface area contributed by atoms with E-state index < -0.39 is 5.97 Å². The van der Waals surface area contributed by atoms with E-state index in [-0.39, 0.29) is 6.42 Å². The Morgan fingerprint density at radius 3 is 2.82 bits per heavy atom. The SMILES string of the molecule is O=C(O)CCCCN1Cc2ccc(Br)cc2C1. The topological polar surface area (TPSA) is 40.5 Å². The van der Waals surface area contributed by atoms with Crippen LogP contribution >= 0.6 is 15.9 Å². The number of unbranched alkanes of at least 4 members (excludes halogenated alkanes) is 1. The van der Waals surface area contributed by atoms with Gasteiger partial charge in [-0.25, -0.2) is 0 Å². The van der Waals surface area contributed by atoms with Gasteiger partial charge in [-0.05, 0) is 42.6 Å². The Labute approximate surface area is 110 Å². The van der Waals surface area contributed by atoms with Gasteiger partial charge in [0.15, 0.2) is 0 Å². The Balaban J connectivity index is 1.78. The number of rotatable bonds is 5. The van der Waals surface area contributed by atoms with Gasteiger partial charge in [-0.3, -0.25) is 9.69 Å². The van der Waals surface area contributed by atoms with Gasteiger partial charge in [0.1, 0.15) is 0 Å². The monoisotopic (exact) mass is 297 g/mol. The third-order valence-electron chi connectivity index (χ3n) is 3.07. The first-order valence-electron chi connectivity index (χ1n) is 5.86. The van der Waals surface area contributed by atoms with Crippen molar-refractivity contribution in [2.45, 2.75) is 32.4 Å². The predicted molar refractivity (Wildman–Crippen MR) is 69.7 cm³/mol. The van der Waals surface area contributed by atoms with E-state index in [9.17, 15) is 4.79 Å². The number of carbonyl (C=O) groups is 1. The molecule has 1 aliphatic heterocycles. The van der Waals surface area contributed by atoms with Crippen molar-refractivity contribution in [1.29, 1.82) is 0 Å². The molecule has 0 saturated heterocycles. The third kappa shape index (κ3) is 3.54. The lowest BCUT2D eigenvalue weighted by Gasteiger charge is -2.13. The van der Waals surface area contributed by atoms with E-state index in [1.54, 1.807) is 0 Å². The Hall–Kier alpha value is -0.870. The first kappa shape index (κ1) is 12.6. The minimum absolute atomic E-state index is 0.284. The van der Waals surface area contributed by atoms with E-state index >= 15 is 0 Å². The second-order valence-electron chi connectivity index (χ2n) is 4.47. The van der Waals surface area contributed by atoms with Crippen LogP contribution < -0.4 is 0 Å². The number of nitrogens with zero attached hydrogens (tertiary/aromatic N) is 1. The van der Waals surface area contributed by atoms with Crippen molar-refractivity contribution < 1.29 is 9.90 Å². The average molecular weight is 298 g/mol.